The van der Waals surface area contributed by atoms with Crippen molar-refractivity contribution >= 4 is 34.5 Å². The number of nitrogens with zero attached hydrogens (tertiary/aromatic N) is 2. The van der Waals surface area contributed by atoms with Crippen molar-refractivity contribution in [2.75, 3.05) is 4.90 Å². The number of para-hydroxylation sites is 1. The van der Waals surface area contributed by atoms with Crippen LogP contribution in [0, 0.1) is 13.8 Å². The van der Waals surface area contributed by atoms with Crippen molar-refractivity contribution in [3.05, 3.63) is 102 Å². The second kappa shape index (κ2) is 7.29. The van der Waals surface area contributed by atoms with E-state index in [1.54, 1.807) is 30.3 Å². The molecular weight excluding hydrogens is 386 g/mol. The number of imide groups is 1. The lowest BCUT2D eigenvalue weighted by Gasteiger charge is -2.13. The Kier molecular flexibility index (Phi) is 4.44. The smallest absolute Gasteiger partial charge is 0.317 e. The number of rotatable bonds is 3. The second-order valence-electron chi connectivity index (χ2n) is 7.62. The van der Waals surface area contributed by atoms with E-state index in [0.717, 1.165) is 32.9 Å². The number of aryl methyl sites for hydroxylation is 1. The summed E-state index contributed by atoms with van der Waals surface area (Å²) in [6.45, 7) is 4.07. The van der Waals surface area contributed by atoms with Gasteiger partial charge in [0.25, 0.3) is 5.91 Å². The van der Waals surface area contributed by atoms with Gasteiger partial charge in [-0.3, -0.25) is 4.79 Å². The van der Waals surface area contributed by atoms with E-state index in [4.69, 9.17) is 0 Å². The van der Waals surface area contributed by atoms with Crippen LogP contribution >= 0.6 is 0 Å². The van der Waals surface area contributed by atoms with Gasteiger partial charge in [0.05, 0.1) is 11.4 Å². The molecule has 1 fully saturated rings. The van der Waals surface area contributed by atoms with E-state index in [1.165, 1.54) is 5.39 Å². The first-order valence-electron chi connectivity index (χ1n) is 10.1. The van der Waals surface area contributed by atoms with Crippen LogP contribution in [0.2, 0.25) is 0 Å². The molecule has 0 atom stereocenters. The van der Waals surface area contributed by atoms with Crippen LogP contribution in [-0.4, -0.2) is 16.5 Å². The molecule has 1 aliphatic rings. The number of aromatic nitrogens is 1. The lowest BCUT2D eigenvalue weighted by molar-refractivity contribution is -0.113. The Bertz CT molecular complexity index is 1360. The van der Waals surface area contributed by atoms with E-state index in [0.29, 0.717) is 5.69 Å². The molecule has 3 aromatic carbocycles. The molecule has 0 spiro atoms. The molecule has 1 saturated heterocycles. The van der Waals surface area contributed by atoms with Crippen LogP contribution in [0.3, 0.4) is 0 Å². The number of urea groups is 1. The molecular formula is C26H21N3O2. The maximum absolute atomic E-state index is 12.9. The predicted molar refractivity (Wildman–Crippen MR) is 123 cm³/mol. The van der Waals surface area contributed by atoms with Crippen LogP contribution in [0.4, 0.5) is 10.5 Å². The summed E-state index contributed by atoms with van der Waals surface area (Å²) in [5.41, 5.74) is 4.86. The highest BCUT2D eigenvalue weighted by Gasteiger charge is 2.35. The molecule has 0 radical (unpaired) electrons. The number of amides is 3. The Morgan fingerprint density at radius 1 is 0.839 bits per heavy atom. The molecule has 5 rings (SSSR count). The zero-order valence-electron chi connectivity index (χ0n) is 17.3. The molecule has 3 amide bonds. The van der Waals surface area contributed by atoms with Gasteiger partial charge in [-0.1, -0.05) is 54.6 Å². The average molecular weight is 407 g/mol. The number of nitrogens with one attached hydrogen (secondary N) is 1. The molecule has 4 aromatic rings. The van der Waals surface area contributed by atoms with Crippen molar-refractivity contribution in [3.8, 4) is 5.69 Å². The fourth-order valence-corrected chi connectivity index (χ4v) is 4.21. The van der Waals surface area contributed by atoms with Crippen molar-refractivity contribution in [3.63, 3.8) is 0 Å². The van der Waals surface area contributed by atoms with Gasteiger partial charge in [0.2, 0.25) is 0 Å². The summed E-state index contributed by atoms with van der Waals surface area (Å²) < 4.78 is 2.19. The highest BCUT2D eigenvalue weighted by molar-refractivity contribution is 6.28. The van der Waals surface area contributed by atoms with Crippen LogP contribution in [0.25, 0.3) is 22.5 Å². The van der Waals surface area contributed by atoms with Crippen molar-refractivity contribution < 1.29 is 9.59 Å². The molecule has 1 N–H and O–H groups in total. The zero-order chi connectivity index (χ0) is 21.5. The third-order valence-electron chi connectivity index (χ3n) is 5.67. The molecule has 1 aromatic heterocycles. The minimum atomic E-state index is -0.440. The van der Waals surface area contributed by atoms with Crippen molar-refractivity contribution in [1.29, 1.82) is 0 Å². The number of anilines is 1. The Hall–Kier alpha value is -4.12. The highest BCUT2D eigenvalue weighted by atomic mass is 16.2. The van der Waals surface area contributed by atoms with Crippen LogP contribution < -0.4 is 10.2 Å². The highest BCUT2D eigenvalue weighted by Crippen LogP contribution is 2.29. The fraction of sp³-hybridized carbons (Fsp3) is 0.0769. The molecule has 0 saturated carbocycles. The number of carbonyl (C=O) groups excluding carboxylic acids is 2. The van der Waals surface area contributed by atoms with Crippen LogP contribution in [0.15, 0.2) is 84.6 Å². The van der Waals surface area contributed by atoms with Crippen molar-refractivity contribution in [2.24, 2.45) is 0 Å². The van der Waals surface area contributed by atoms with E-state index < -0.39 is 6.03 Å². The topological polar surface area (TPSA) is 54.3 Å². The molecule has 31 heavy (non-hydrogen) atoms. The first kappa shape index (κ1) is 18.9. The number of hydrogen-bond donors (Lipinski definition) is 1. The van der Waals surface area contributed by atoms with Crippen LogP contribution in [0.1, 0.15) is 17.0 Å². The second-order valence-corrected chi connectivity index (χ2v) is 7.62. The fourth-order valence-electron chi connectivity index (χ4n) is 4.21. The van der Waals surface area contributed by atoms with Gasteiger partial charge in [-0.2, -0.15) is 0 Å². The van der Waals surface area contributed by atoms with Crippen molar-refractivity contribution in [2.45, 2.75) is 13.8 Å². The van der Waals surface area contributed by atoms with Gasteiger partial charge < -0.3 is 9.88 Å². The maximum Gasteiger partial charge on any atom is 0.333 e. The van der Waals surface area contributed by atoms with E-state index >= 15 is 0 Å². The van der Waals surface area contributed by atoms with Gasteiger partial charge in [-0.05, 0) is 55.1 Å². The Morgan fingerprint density at radius 3 is 2.35 bits per heavy atom. The summed E-state index contributed by atoms with van der Waals surface area (Å²) in [7, 11) is 0. The largest absolute Gasteiger partial charge is 0.333 e. The van der Waals surface area contributed by atoms with E-state index in [-0.39, 0.29) is 11.6 Å². The molecule has 0 unspecified atom stereocenters. The van der Waals surface area contributed by atoms with Gasteiger partial charge in [-0.25, -0.2) is 9.69 Å². The lowest BCUT2D eigenvalue weighted by atomic mass is 10.1. The number of benzene rings is 3. The quantitative estimate of drug-likeness (QED) is 0.368. The van der Waals surface area contributed by atoms with E-state index in [9.17, 15) is 9.59 Å². The Balaban J connectivity index is 1.57. The molecule has 0 aliphatic carbocycles. The van der Waals surface area contributed by atoms with E-state index in [2.05, 4.69) is 34.1 Å². The van der Waals surface area contributed by atoms with E-state index in [1.807, 2.05) is 44.2 Å². The third kappa shape index (κ3) is 3.11. The number of hydrogen-bond acceptors (Lipinski definition) is 2. The molecule has 2 heterocycles. The summed E-state index contributed by atoms with van der Waals surface area (Å²) in [4.78, 5) is 26.6. The minimum absolute atomic E-state index is 0.270. The lowest BCUT2D eigenvalue weighted by Crippen LogP contribution is -2.30. The molecule has 5 nitrogen and oxygen atoms in total. The van der Waals surface area contributed by atoms with Gasteiger partial charge in [0, 0.05) is 16.8 Å². The third-order valence-corrected chi connectivity index (χ3v) is 5.67. The maximum atomic E-state index is 12.9. The number of fused-ring (bicyclic) bond motifs is 1. The summed E-state index contributed by atoms with van der Waals surface area (Å²) in [6.07, 6.45) is 1.76. The first-order chi connectivity index (χ1) is 15.0. The van der Waals surface area contributed by atoms with Crippen LogP contribution in [0.5, 0.6) is 0 Å². The molecule has 1 aliphatic heterocycles. The summed E-state index contributed by atoms with van der Waals surface area (Å²) in [5, 5.41) is 5.04. The SMILES string of the molecule is Cc1cc(/C=C2/NC(=O)N(c3ccccc3)C2=O)c(C)n1-c1cccc2ccccc12. The average Bonchev–Trinajstić information content (AvgIpc) is 3.22. The molecule has 5 heteroatoms. The summed E-state index contributed by atoms with van der Waals surface area (Å²) in [5.74, 6) is -0.355. The Morgan fingerprint density at radius 2 is 1.55 bits per heavy atom. The summed E-state index contributed by atoms with van der Waals surface area (Å²) >= 11 is 0. The molecule has 152 valence electrons. The standard InChI is InChI=1S/C26H21N3O2/c1-17-15-20(16-23-25(30)29(26(31)27-23)21-11-4-3-5-12-21)18(2)28(17)24-14-8-10-19-9-6-7-13-22(19)24/h3-16H,1-2H3,(H,27,31)/b23-16+. The monoisotopic (exact) mass is 407 g/mol. The van der Waals surface area contributed by atoms with Gasteiger partial charge in [0.1, 0.15) is 5.70 Å². The normalized spacial score (nSPS) is 15.2. The van der Waals surface area contributed by atoms with Gasteiger partial charge in [0.15, 0.2) is 0 Å². The first-order valence-corrected chi connectivity index (χ1v) is 10.1. The predicted octanol–water partition coefficient (Wildman–Crippen LogP) is 5.34. The van der Waals surface area contributed by atoms with Crippen molar-refractivity contribution in [1.82, 2.24) is 9.88 Å². The molecule has 0 bridgehead atoms. The van der Waals surface area contributed by atoms with Crippen LogP contribution in [-0.2, 0) is 4.79 Å². The zero-order valence-corrected chi connectivity index (χ0v) is 17.3. The van der Waals surface area contributed by atoms with Gasteiger partial charge >= 0.3 is 6.03 Å². The Labute approximate surface area is 180 Å². The minimum Gasteiger partial charge on any atom is -0.317 e. The summed E-state index contributed by atoms with van der Waals surface area (Å²) in [6, 6.07) is 25.1. The number of carbonyl (C=O) groups is 2. The van der Waals surface area contributed by atoms with Gasteiger partial charge in [-0.15, -0.1) is 0 Å².